The van der Waals surface area contributed by atoms with Crippen molar-refractivity contribution in [3.63, 3.8) is 0 Å². The Morgan fingerprint density at radius 1 is 1.57 bits per heavy atom. The van der Waals surface area contributed by atoms with E-state index < -0.39 is 0 Å². The molecule has 5 nitrogen and oxygen atoms in total. The minimum Gasteiger partial charge on any atom is -0.384 e. The summed E-state index contributed by atoms with van der Waals surface area (Å²) in [7, 11) is 3.43. The van der Waals surface area contributed by atoms with Crippen molar-refractivity contribution in [3.8, 4) is 0 Å². The molecule has 0 saturated carbocycles. The van der Waals surface area contributed by atoms with E-state index in [0.29, 0.717) is 5.82 Å². The van der Waals surface area contributed by atoms with Gasteiger partial charge in [-0.15, -0.1) is 0 Å². The Morgan fingerprint density at radius 3 is 2.79 bits per heavy atom. The number of amides is 1. The lowest BCUT2D eigenvalue weighted by Crippen LogP contribution is -2.28. The zero-order valence-corrected chi connectivity index (χ0v) is 8.32. The van der Waals surface area contributed by atoms with Crippen LogP contribution in [0.1, 0.15) is 0 Å². The molecule has 0 fully saturated rings. The molecule has 1 aromatic rings. The number of carbonyl (C=O) groups is 1. The predicted octanol–water partition coefficient (Wildman–Crippen LogP) is 0.164. The molecule has 0 atom stereocenters. The van der Waals surface area contributed by atoms with Crippen molar-refractivity contribution < 1.29 is 4.79 Å². The van der Waals surface area contributed by atoms with Crippen molar-refractivity contribution in [2.24, 2.45) is 0 Å². The van der Waals surface area contributed by atoms with Crippen LogP contribution in [0.15, 0.2) is 18.3 Å². The summed E-state index contributed by atoms with van der Waals surface area (Å²) in [6, 6.07) is 3.47. The molecule has 0 aromatic carbocycles. The molecule has 1 heterocycles. The second-order valence-corrected chi connectivity index (χ2v) is 3.11. The number of anilines is 2. The van der Waals surface area contributed by atoms with E-state index in [1.165, 1.54) is 4.90 Å². The third-order valence-electron chi connectivity index (χ3n) is 1.73. The van der Waals surface area contributed by atoms with Crippen molar-refractivity contribution in [1.82, 2.24) is 9.88 Å². The molecule has 14 heavy (non-hydrogen) atoms. The maximum absolute atomic E-state index is 11.2. The van der Waals surface area contributed by atoms with Crippen molar-refractivity contribution in [2.75, 3.05) is 31.7 Å². The van der Waals surface area contributed by atoms with Gasteiger partial charge in [0.2, 0.25) is 5.91 Å². The molecule has 0 aliphatic carbocycles. The van der Waals surface area contributed by atoms with Gasteiger partial charge in [0.15, 0.2) is 0 Å². The maximum atomic E-state index is 11.2. The molecule has 0 unspecified atom stereocenters. The molecular weight excluding hydrogens is 180 g/mol. The number of carbonyl (C=O) groups excluding carboxylic acids is 1. The SMILES string of the molecule is CN(C)C(=O)CNc1ccc(N)nc1. The van der Waals surface area contributed by atoms with Crippen molar-refractivity contribution >= 4 is 17.4 Å². The summed E-state index contributed by atoms with van der Waals surface area (Å²) in [5.74, 6) is 0.483. The standard InChI is InChI=1S/C9H14N4O/c1-13(2)9(14)6-11-7-3-4-8(10)12-5-7/h3-5,11H,6H2,1-2H3,(H2,10,12). The Morgan fingerprint density at radius 2 is 2.29 bits per heavy atom. The molecule has 0 spiro atoms. The molecule has 1 rings (SSSR count). The van der Waals surface area contributed by atoms with Gasteiger partial charge in [0, 0.05) is 14.1 Å². The van der Waals surface area contributed by atoms with Gasteiger partial charge in [-0.25, -0.2) is 4.98 Å². The van der Waals surface area contributed by atoms with E-state index in [9.17, 15) is 4.79 Å². The lowest BCUT2D eigenvalue weighted by atomic mass is 10.4. The molecule has 1 amide bonds. The van der Waals surface area contributed by atoms with Crippen LogP contribution >= 0.6 is 0 Å². The third-order valence-corrected chi connectivity index (χ3v) is 1.73. The lowest BCUT2D eigenvalue weighted by molar-refractivity contribution is -0.126. The molecule has 0 radical (unpaired) electrons. The second-order valence-electron chi connectivity index (χ2n) is 3.11. The molecule has 0 bridgehead atoms. The average molecular weight is 194 g/mol. The Balaban J connectivity index is 2.46. The van der Waals surface area contributed by atoms with E-state index >= 15 is 0 Å². The highest BCUT2D eigenvalue weighted by molar-refractivity contribution is 5.80. The van der Waals surface area contributed by atoms with Crippen LogP contribution in [0.4, 0.5) is 11.5 Å². The largest absolute Gasteiger partial charge is 0.384 e. The van der Waals surface area contributed by atoms with Crippen LogP contribution in [0, 0.1) is 0 Å². The van der Waals surface area contributed by atoms with E-state index in [2.05, 4.69) is 10.3 Å². The van der Waals surface area contributed by atoms with Gasteiger partial charge in [-0.1, -0.05) is 0 Å². The zero-order valence-electron chi connectivity index (χ0n) is 8.32. The number of hydrogen-bond donors (Lipinski definition) is 2. The van der Waals surface area contributed by atoms with Gasteiger partial charge >= 0.3 is 0 Å². The molecule has 0 aliphatic rings. The summed E-state index contributed by atoms with van der Waals surface area (Å²) in [6.45, 7) is 0.262. The summed E-state index contributed by atoms with van der Waals surface area (Å²) in [5, 5.41) is 2.94. The molecule has 76 valence electrons. The van der Waals surface area contributed by atoms with Crippen LogP contribution in [0.5, 0.6) is 0 Å². The summed E-state index contributed by atoms with van der Waals surface area (Å²) in [5.41, 5.74) is 6.20. The molecule has 5 heteroatoms. The summed E-state index contributed by atoms with van der Waals surface area (Å²) < 4.78 is 0. The molecule has 0 saturated heterocycles. The number of nitrogens with zero attached hydrogens (tertiary/aromatic N) is 2. The van der Waals surface area contributed by atoms with Gasteiger partial charge in [0.05, 0.1) is 18.4 Å². The second kappa shape index (κ2) is 4.45. The van der Waals surface area contributed by atoms with Crippen LogP contribution in [-0.2, 0) is 4.79 Å². The Kier molecular flexibility index (Phi) is 3.28. The van der Waals surface area contributed by atoms with Crippen LogP contribution in [0.25, 0.3) is 0 Å². The number of pyridine rings is 1. The van der Waals surface area contributed by atoms with Crippen LogP contribution in [0.2, 0.25) is 0 Å². The van der Waals surface area contributed by atoms with Gasteiger partial charge in [-0.05, 0) is 12.1 Å². The monoisotopic (exact) mass is 194 g/mol. The normalized spacial score (nSPS) is 9.57. The molecular formula is C9H14N4O. The van der Waals surface area contributed by atoms with E-state index in [-0.39, 0.29) is 12.5 Å². The first-order valence-corrected chi connectivity index (χ1v) is 4.25. The first-order valence-electron chi connectivity index (χ1n) is 4.25. The third kappa shape index (κ3) is 2.93. The maximum Gasteiger partial charge on any atom is 0.241 e. The predicted molar refractivity (Wildman–Crippen MR) is 55.8 cm³/mol. The van der Waals surface area contributed by atoms with Crippen molar-refractivity contribution in [3.05, 3.63) is 18.3 Å². The minimum absolute atomic E-state index is 0.0156. The minimum atomic E-state index is 0.0156. The van der Waals surface area contributed by atoms with E-state index in [1.807, 2.05) is 0 Å². The van der Waals surface area contributed by atoms with Gasteiger partial charge in [0.1, 0.15) is 5.82 Å². The Hall–Kier alpha value is -1.78. The Bertz CT molecular complexity index is 307. The molecule has 0 aliphatic heterocycles. The van der Waals surface area contributed by atoms with Gasteiger partial charge in [-0.3, -0.25) is 4.79 Å². The fourth-order valence-electron chi connectivity index (χ4n) is 0.846. The number of nitrogens with two attached hydrogens (primary N) is 1. The average Bonchev–Trinajstić information content (AvgIpc) is 2.16. The van der Waals surface area contributed by atoms with Crippen molar-refractivity contribution in [2.45, 2.75) is 0 Å². The number of nitrogen functional groups attached to an aromatic ring is 1. The highest BCUT2D eigenvalue weighted by atomic mass is 16.2. The first kappa shape index (κ1) is 10.3. The van der Waals surface area contributed by atoms with Crippen LogP contribution in [-0.4, -0.2) is 36.4 Å². The first-order chi connectivity index (χ1) is 6.59. The lowest BCUT2D eigenvalue weighted by Gasteiger charge is -2.11. The number of rotatable bonds is 3. The number of nitrogens with one attached hydrogen (secondary N) is 1. The molecule has 3 N–H and O–H groups in total. The number of hydrogen-bond acceptors (Lipinski definition) is 4. The van der Waals surface area contributed by atoms with Gasteiger partial charge in [-0.2, -0.15) is 0 Å². The summed E-state index contributed by atoms with van der Waals surface area (Å²) in [4.78, 5) is 16.6. The van der Waals surface area contributed by atoms with Gasteiger partial charge < -0.3 is 16.0 Å². The highest BCUT2D eigenvalue weighted by Gasteiger charge is 2.02. The summed E-state index contributed by atoms with van der Waals surface area (Å²) in [6.07, 6.45) is 1.60. The summed E-state index contributed by atoms with van der Waals surface area (Å²) >= 11 is 0. The van der Waals surface area contributed by atoms with Crippen LogP contribution in [0.3, 0.4) is 0 Å². The fraction of sp³-hybridized carbons (Fsp3) is 0.333. The zero-order chi connectivity index (χ0) is 10.6. The number of aromatic nitrogens is 1. The Labute approximate surface area is 82.9 Å². The van der Waals surface area contributed by atoms with Gasteiger partial charge in [0.25, 0.3) is 0 Å². The van der Waals surface area contributed by atoms with E-state index in [1.54, 1.807) is 32.4 Å². The number of likely N-dealkylation sites (N-methyl/N-ethyl adjacent to an activating group) is 1. The van der Waals surface area contributed by atoms with E-state index in [0.717, 1.165) is 5.69 Å². The smallest absolute Gasteiger partial charge is 0.241 e. The van der Waals surface area contributed by atoms with E-state index in [4.69, 9.17) is 5.73 Å². The topological polar surface area (TPSA) is 71.2 Å². The molecule has 1 aromatic heterocycles. The van der Waals surface area contributed by atoms with Crippen molar-refractivity contribution in [1.29, 1.82) is 0 Å². The quantitative estimate of drug-likeness (QED) is 0.719. The fourth-order valence-corrected chi connectivity index (χ4v) is 0.846. The highest BCUT2D eigenvalue weighted by Crippen LogP contribution is 2.06. The van der Waals surface area contributed by atoms with Crippen LogP contribution < -0.4 is 11.1 Å².